The van der Waals surface area contributed by atoms with Crippen LogP contribution in [0.25, 0.3) is 0 Å². The Bertz CT molecular complexity index is 314. The first-order valence-electron chi connectivity index (χ1n) is 4.33. The van der Waals surface area contributed by atoms with Crippen LogP contribution in [0.1, 0.15) is 13.3 Å². The van der Waals surface area contributed by atoms with Crippen LogP contribution in [0, 0.1) is 0 Å². The molecule has 13 heavy (non-hydrogen) atoms. The van der Waals surface area contributed by atoms with E-state index in [-0.39, 0.29) is 4.51 Å². The Morgan fingerprint density at radius 3 is 2.77 bits per heavy atom. The first kappa shape index (κ1) is 8.88. The summed E-state index contributed by atoms with van der Waals surface area (Å²) in [6, 6.07) is 7.71. The molecule has 1 heterocycles. The zero-order valence-electron chi connectivity index (χ0n) is 7.42. The van der Waals surface area contributed by atoms with E-state index < -0.39 is 0 Å². The number of para-hydroxylation sites is 2. The Kier molecular flexibility index (Phi) is 2.20. The largest absolute Gasteiger partial charge is 0.485 e. The minimum Gasteiger partial charge on any atom is -0.485 e. The average Bonchev–Trinajstić information content (AvgIpc) is 2.18. The fraction of sp³-hybridized carbons (Fsp3) is 0.400. The Labute approximate surface area is 86.0 Å². The summed E-state index contributed by atoms with van der Waals surface area (Å²) in [5.41, 5.74) is 0. The molecule has 0 amide bonds. The van der Waals surface area contributed by atoms with E-state index in [0.717, 1.165) is 17.9 Å². The number of fused-ring (bicyclic) bond motifs is 1. The van der Waals surface area contributed by atoms with Crippen molar-refractivity contribution in [1.82, 2.24) is 0 Å². The molecule has 2 rings (SSSR count). The van der Waals surface area contributed by atoms with Crippen LogP contribution in [-0.4, -0.2) is 11.1 Å². The van der Waals surface area contributed by atoms with Gasteiger partial charge in [-0.15, -0.1) is 0 Å². The second-order valence-electron chi connectivity index (χ2n) is 3.07. The van der Waals surface area contributed by atoms with Crippen LogP contribution in [0.5, 0.6) is 11.5 Å². The monoisotopic (exact) mass is 242 g/mol. The molecule has 0 aromatic heterocycles. The minimum atomic E-state index is -0.346. The summed E-state index contributed by atoms with van der Waals surface area (Å²) in [4.78, 5) is 0. The molecule has 0 N–H and O–H groups in total. The maximum atomic E-state index is 5.76. The molecular formula is C10H11BrO2. The van der Waals surface area contributed by atoms with Crippen LogP contribution in [0.15, 0.2) is 24.3 Å². The van der Waals surface area contributed by atoms with Gasteiger partial charge >= 0.3 is 0 Å². The first-order valence-corrected chi connectivity index (χ1v) is 5.12. The highest BCUT2D eigenvalue weighted by Crippen LogP contribution is 2.38. The molecule has 1 aromatic rings. The molecule has 1 aliphatic rings. The SMILES string of the molecule is CC[C@@]1(Br)COc2ccccc2O1. The molecule has 0 spiro atoms. The molecule has 0 aliphatic carbocycles. The summed E-state index contributed by atoms with van der Waals surface area (Å²) in [7, 11) is 0. The van der Waals surface area contributed by atoms with Gasteiger partial charge in [-0.05, 0) is 34.5 Å². The molecule has 0 saturated heterocycles. The van der Waals surface area contributed by atoms with E-state index >= 15 is 0 Å². The van der Waals surface area contributed by atoms with Crippen LogP contribution in [0.4, 0.5) is 0 Å². The summed E-state index contributed by atoms with van der Waals surface area (Å²) in [6.45, 7) is 2.62. The molecule has 2 nitrogen and oxygen atoms in total. The van der Waals surface area contributed by atoms with E-state index in [0.29, 0.717) is 6.61 Å². The van der Waals surface area contributed by atoms with Crippen LogP contribution >= 0.6 is 15.9 Å². The maximum absolute atomic E-state index is 5.76. The smallest absolute Gasteiger partial charge is 0.196 e. The lowest BCUT2D eigenvalue weighted by molar-refractivity contribution is 0.0668. The lowest BCUT2D eigenvalue weighted by Gasteiger charge is -2.32. The number of ether oxygens (including phenoxy) is 2. The van der Waals surface area contributed by atoms with Gasteiger partial charge < -0.3 is 9.47 Å². The lowest BCUT2D eigenvalue weighted by atomic mass is 10.2. The van der Waals surface area contributed by atoms with Gasteiger partial charge in [-0.3, -0.25) is 0 Å². The third kappa shape index (κ3) is 1.66. The van der Waals surface area contributed by atoms with Crippen molar-refractivity contribution in [1.29, 1.82) is 0 Å². The van der Waals surface area contributed by atoms with Crippen LogP contribution < -0.4 is 9.47 Å². The normalized spacial score (nSPS) is 25.7. The van der Waals surface area contributed by atoms with Crippen molar-refractivity contribution in [2.24, 2.45) is 0 Å². The summed E-state index contributed by atoms with van der Waals surface area (Å²) < 4.78 is 11.0. The third-order valence-corrected chi connectivity index (χ3v) is 3.06. The maximum Gasteiger partial charge on any atom is 0.196 e. The number of hydrogen-bond donors (Lipinski definition) is 0. The minimum absolute atomic E-state index is 0.346. The van der Waals surface area contributed by atoms with Crippen molar-refractivity contribution in [3.8, 4) is 11.5 Å². The van der Waals surface area contributed by atoms with Gasteiger partial charge in [0.05, 0.1) is 0 Å². The Morgan fingerprint density at radius 2 is 2.08 bits per heavy atom. The number of benzene rings is 1. The number of alkyl halides is 1. The molecule has 0 unspecified atom stereocenters. The van der Waals surface area contributed by atoms with Gasteiger partial charge in [0, 0.05) is 0 Å². The summed E-state index contributed by atoms with van der Waals surface area (Å²) in [5, 5.41) is 0. The Morgan fingerprint density at radius 1 is 1.38 bits per heavy atom. The summed E-state index contributed by atoms with van der Waals surface area (Å²) >= 11 is 3.52. The van der Waals surface area contributed by atoms with Gasteiger partial charge in [-0.25, -0.2) is 0 Å². The standard InChI is InChI=1S/C10H11BrO2/c1-2-10(11)7-12-8-5-3-4-6-9(8)13-10/h3-6H,2,7H2,1H3/t10-/m0/s1. The zero-order valence-corrected chi connectivity index (χ0v) is 9.00. The quantitative estimate of drug-likeness (QED) is 0.706. The second-order valence-corrected chi connectivity index (χ2v) is 4.52. The van der Waals surface area contributed by atoms with Gasteiger partial charge in [0.15, 0.2) is 16.0 Å². The molecule has 0 saturated carbocycles. The molecule has 0 bridgehead atoms. The van der Waals surface area contributed by atoms with Gasteiger partial charge in [0.2, 0.25) is 0 Å². The number of rotatable bonds is 1. The molecule has 1 aromatic carbocycles. The van der Waals surface area contributed by atoms with Gasteiger partial charge in [-0.2, -0.15) is 0 Å². The lowest BCUT2D eigenvalue weighted by Crippen LogP contribution is -2.38. The topological polar surface area (TPSA) is 18.5 Å². The van der Waals surface area contributed by atoms with E-state index in [2.05, 4.69) is 22.9 Å². The van der Waals surface area contributed by atoms with Crippen molar-refractivity contribution in [3.05, 3.63) is 24.3 Å². The summed E-state index contributed by atoms with van der Waals surface area (Å²) in [6.07, 6.45) is 0.876. The fourth-order valence-corrected chi connectivity index (χ4v) is 1.53. The predicted octanol–water partition coefficient (Wildman–Crippen LogP) is 2.96. The van der Waals surface area contributed by atoms with Crippen LogP contribution in [0.3, 0.4) is 0 Å². The summed E-state index contributed by atoms with van der Waals surface area (Å²) in [5.74, 6) is 1.64. The van der Waals surface area contributed by atoms with Crippen molar-refractivity contribution in [2.75, 3.05) is 6.61 Å². The van der Waals surface area contributed by atoms with Crippen molar-refractivity contribution in [2.45, 2.75) is 17.9 Å². The van der Waals surface area contributed by atoms with Crippen molar-refractivity contribution >= 4 is 15.9 Å². The average molecular weight is 243 g/mol. The highest BCUT2D eigenvalue weighted by atomic mass is 79.9. The molecule has 70 valence electrons. The van der Waals surface area contributed by atoms with E-state index in [4.69, 9.17) is 9.47 Å². The first-order chi connectivity index (χ1) is 6.23. The molecule has 3 heteroatoms. The number of halogens is 1. The molecule has 1 atom stereocenters. The molecule has 0 fully saturated rings. The van der Waals surface area contributed by atoms with E-state index in [1.54, 1.807) is 0 Å². The Balaban J connectivity index is 2.29. The van der Waals surface area contributed by atoms with Crippen LogP contribution in [0.2, 0.25) is 0 Å². The molecular weight excluding hydrogens is 232 g/mol. The van der Waals surface area contributed by atoms with E-state index in [1.807, 2.05) is 24.3 Å². The van der Waals surface area contributed by atoms with Gasteiger partial charge in [0.1, 0.15) is 6.61 Å². The van der Waals surface area contributed by atoms with E-state index in [1.165, 1.54) is 0 Å². The van der Waals surface area contributed by atoms with E-state index in [9.17, 15) is 0 Å². The predicted molar refractivity (Wildman–Crippen MR) is 54.5 cm³/mol. The highest BCUT2D eigenvalue weighted by molar-refractivity contribution is 9.10. The van der Waals surface area contributed by atoms with Crippen molar-refractivity contribution in [3.63, 3.8) is 0 Å². The molecule has 0 radical (unpaired) electrons. The van der Waals surface area contributed by atoms with Gasteiger partial charge in [-0.1, -0.05) is 19.1 Å². The van der Waals surface area contributed by atoms with Crippen molar-refractivity contribution < 1.29 is 9.47 Å². The Hall–Kier alpha value is -0.700. The molecule has 1 aliphatic heterocycles. The fourth-order valence-electron chi connectivity index (χ4n) is 1.24. The zero-order chi connectivity index (χ0) is 9.31. The van der Waals surface area contributed by atoms with Crippen LogP contribution in [-0.2, 0) is 0 Å². The van der Waals surface area contributed by atoms with Gasteiger partial charge in [0.25, 0.3) is 0 Å². The third-order valence-electron chi connectivity index (χ3n) is 2.11. The highest BCUT2D eigenvalue weighted by Gasteiger charge is 2.32. The second kappa shape index (κ2) is 3.22. The number of hydrogen-bond acceptors (Lipinski definition) is 2.